The fourth-order valence-corrected chi connectivity index (χ4v) is 2.41. The van der Waals surface area contributed by atoms with Crippen LogP contribution in [0.4, 0.5) is 4.79 Å². The van der Waals surface area contributed by atoms with Crippen molar-refractivity contribution in [1.82, 2.24) is 10.2 Å². The van der Waals surface area contributed by atoms with Crippen molar-refractivity contribution in [3.05, 3.63) is 35.9 Å². The summed E-state index contributed by atoms with van der Waals surface area (Å²) in [6, 6.07) is 9.62. The van der Waals surface area contributed by atoms with E-state index in [0.717, 1.165) is 5.56 Å². The number of nitrogens with zero attached hydrogens (tertiary/aromatic N) is 1. The molecule has 5 nitrogen and oxygen atoms in total. The number of likely N-dealkylation sites (tertiary alicyclic amines) is 1. The van der Waals surface area contributed by atoms with E-state index in [1.807, 2.05) is 51.1 Å². The van der Waals surface area contributed by atoms with Gasteiger partial charge in [-0.3, -0.25) is 4.79 Å². The lowest BCUT2D eigenvalue weighted by atomic mass is 10.1. The van der Waals surface area contributed by atoms with Crippen molar-refractivity contribution in [1.29, 1.82) is 0 Å². The summed E-state index contributed by atoms with van der Waals surface area (Å²) in [5.41, 5.74) is 0.397. The Balaban J connectivity index is 1.76. The molecule has 2 rings (SSSR count). The number of carbonyl (C=O) groups is 2. The molecular weight excluding hydrogens is 304 g/mol. The lowest BCUT2D eigenvalue weighted by molar-refractivity contribution is -0.124. The molecule has 1 N–H and O–H groups in total. The highest BCUT2D eigenvalue weighted by Crippen LogP contribution is 2.19. The quantitative estimate of drug-likeness (QED) is 0.848. The predicted molar refractivity (Wildman–Crippen MR) is 92.2 cm³/mol. The lowest BCUT2D eigenvalue weighted by Gasteiger charge is -2.24. The molecule has 0 spiro atoms. The van der Waals surface area contributed by atoms with E-state index in [4.69, 9.17) is 4.74 Å². The summed E-state index contributed by atoms with van der Waals surface area (Å²) < 4.78 is 5.33. The van der Waals surface area contributed by atoms with Crippen LogP contribution in [0.5, 0.6) is 0 Å². The maximum absolute atomic E-state index is 12.2. The third-order valence-electron chi connectivity index (χ3n) is 3.57. The molecule has 1 aromatic rings. The summed E-state index contributed by atoms with van der Waals surface area (Å²) >= 11 is 0. The maximum atomic E-state index is 12.2. The van der Waals surface area contributed by atoms with E-state index in [1.54, 1.807) is 4.90 Å². The van der Waals surface area contributed by atoms with Crippen LogP contribution in [0.1, 0.15) is 32.8 Å². The van der Waals surface area contributed by atoms with E-state index >= 15 is 0 Å². The molecule has 1 saturated heterocycles. The van der Waals surface area contributed by atoms with E-state index < -0.39 is 5.60 Å². The first-order valence-corrected chi connectivity index (χ1v) is 8.15. The van der Waals surface area contributed by atoms with Crippen molar-refractivity contribution in [2.45, 2.75) is 32.8 Å². The number of rotatable bonds is 2. The molecule has 1 fully saturated rings. The van der Waals surface area contributed by atoms with E-state index in [-0.39, 0.29) is 17.9 Å². The topological polar surface area (TPSA) is 58.6 Å². The monoisotopic (exact) mass is 328 g/mol. The molecule has 0 unspecified atom stereocenters. The summed E-state index contributed by atoms with van der Waals surface area (Å²) in [6.07, 6.45) is 0.290. The smallest absolute Gasteiger partial charge is 0.410 e. The first kappa shape index (κ1) is 17.9. The maximum Gasteiger partial charge on any atom is 0.410 e. The van der Waals surface area contributed by atoms with E-state index in [2.05, 4.69) is 17.2 Å². The second-order valence-electron chi connectivity index (χ2n) is 6.80. The number of benzene rings is 1. The van der Waals surface area contributed by atoms with Gasteiger partial charge in [-0.25, -0.2) is 4.79 Å². The molecule has 128 valence electrons. The average Bonchev–Trinajstić information content (AvgIpc) is 3.01. The Kier molecular flexibility index (Phi) is 5.86. The molecule has 1 aromatic carbocycles. The van der Waals surface area contributed by atoms with Gasteiger partial charge in [0.15, 0.2) is 0 Å². The summed E-state index contributed by atoms with van der Waals surface area (Å²) in [6.45, 7) is 6.73. The van der Waals surface area contributed by atoms with Crippen LogP contribution in [0.25, 0.3) is 0 Å². The lowest BCUT2D eigenvalue weighted by Crippen LogP contribution is -2.37. The van der Waals surface area contributed by atoms with Crippen LogP contribution in [0.3, 0.4) is 0 Å². The number of carbonyl (C=O) groups excluding carboxylic acids is 2. The van der Waals surface area contributed by atoms with Crippen molar-refractivity contribution >= 4 is 12.0 Å². The first-order chi connectivity index (χ1) is 11.3. The molecule has 5 heteroatoms. The summed E-state index contributed by atoms with van der Waals surface area (Å²) in [5, 5.41) is 2.81. The van der Waals surface area contributed by atoms with Crippen LogP contribution in [-0.2, 0) is 9.53 Å². The Labute approximate surface area is 143 Å². The molecule has 24 heavy (non-hydrogen) atoms. The number of hydrogen-bond acceptors (Lipinski definition) is 3. The van der Waals surface area contributed by atoms with Gasteiger partial charge in [0.25, 0.3) is 0 Å². The van der Waals surface area contributed by atoms with E-state index in [0.29, 0.717) is 26.1 Å². The second kappa shape index (κ2) is 7.87. The fraction of sp³-hybridized carbons (Fsp3) is 0.474. The molecule has 2 amide bonds. The van der Waals surface area contributed by atoms with Gasteiger partial charge >= 0.3 is 6.09 Å². The van der Waals surface area contributed by atoms with Gasteiger partial charge in [0.05, 0.1) is 12.5 Å². The minimum Gasteiger partial charge on any atom is -0.444 e. The van der Waals surface area contributed by atoms with Crippen LogP contribution in [-0.4, -0.2) is 42.1 Å². The number of amides is 2. The normalized spacial score (nSPS) is 17.0. The largest absolute Gasteiger partial charge is 0.444 e. The molecule has 0 aliphatic carbocycles. The van der Waals surface area contributed by atoms with Crippen LogP contribution in [0.2, 0.25) is 0 Å². The van der Waals surface area contributed by atoms with Gasteiger partial charge < -0.3 is 15.0 Å². The van der Waals surface area contributed by atoms with Gasteiger partial charge in [0.2, 0.25) is 5.91 Å². The van der Waals surface area contributed by atoms with Crippen molar-refractivity contribution in [3.63, 3.8) is 0 Å². The van der Waals surface area contributed by atoms with Gasteiger partial charge in [-0.2, -0.15) is 0 Å². The number of hydrogen-bond donors (Lipinski definition) is 1. The van der Waals surface area contributed by atoms with Crippen molar-refractivity contribution < 1.29 is 14.3 Å². The zero-order valence-corrected chi connectivity index (χ0v) is 14.5. The highest BCUT2D eigenvalue weighted by molar-refractivity contribution is 5.80. The molecule has 1 aliphatic rings. The summed E-state index contributed by atoms with van der Waals surface area (Å²) in [7, 11) is 0. The molecular formula is C19H24N2O3. The highest BCUT2D eigenvalue weighted by Gasteiger charge is 2.33. The zero-order valence-electron chi connectivity index (χ0n) is 14.5. The minimum absolute atomic E-state index is 0.0663. The van der Waals surface area contributed by atoms with E-state index in [1.165, 1.54) is 0 Å². The minimum atomic E-state index is -0.523. The van der Waals surface area contributed by atoms with Gasteiger partial charge in [0.1, 0.15) is 5.60 Å². The molecule has 1 aliphatic heterocycles. The van der Waals surface area contributed by atoms with E-state index in [9.17, 15) is 9.59 Å². The molecule has 0 aromatic heterocycles. The second-order valence-corrected chi connectivity index (χ2v) is 6.80. The van der Waals surface area contributed by atoms with Crippen LogP contribution >= 0.6 is 0 Å². The summed E-state index contributed by atoms with van der Waals surface area (Å²) in [4.78, 5) is 25.7. The molecule has 1 atom stereocenters. The third kappa shape index (κ3) is 5.62. The van der Waals surface area contributed by atoms with Crippen molar-refractivity contribution in [3.8, 4) is 11.8 Å². The Morgan fingerprint density at radius 2 is 2.00 bits per heavy atom. The third-order valence-corrected chi connectivity index (χ3v) is 3.57. The van der Waals surface area contributed by atoms with Crippen molar-refractivity contribution in [2.75, 3.05) is 19.6 Å². The van der Waals surface area contributed by atoms with Gasteiger partial charge in [-0.15, -0.1) is 0 Å². The SMILES string of the molecule is CC(C)(C)OC(=O)N1CC[C@@H](C(=O)NCC#Cc2ccccc2)C1. The Morgan fingerprint density at radius 3 is 2.67 bits per heavy atom. The highest BCUT2D eigenvalue weighted by atomic mass is 16.6. The zero-order chi connectivity index (χ0) is 17.6. The summed E-state index contributed by atoms with van der Waals surface area (Å²) in [5.74, 6) is 5.66. The van der Waals surface area contributed by atoms with Crippen LogP contribution in [0, 0.1) is 17.8 Å². The fourth-order valence-electron chi connectivity index (χ4n) is 2.41. The molecule has 0 bridgehead atoms. The first-order valence-electron chi connectivity index (χ1n) is 8.15. The van der Waals surface area contributed by atoms with Gasteiger partial charge in [-0.05, 0) is 39.3 Å². The van der Waals surface area contributed by atoms with Gasteiger partial charge in [-0.1, -0.05) is 30.0 Å². The van der Waals surface area contributed by atoms with Crippen molar-refractivity contribution in [2.24, 2.45) is 5.92 Å². The number of nitrogens with one attached hydrogen (secondary N) is 1. The Hall–Kier alpha value is -2.48. The Bertz CT molecular complexity index is 638. The predicted octanol–water partition coefficient (Wildman–Crippen LogP) is 2.41. The standard InChI is InChI=1S/C19H24N2O3/c1-19(2,3)24-18(23)21-13-11-16(14-21)17(22)20-12-7-10-15-8-5-4-6-9-15/h4-6,8-9,16H,11-14H2,1-3H3,(H,20,22)/t16-/m1/s1. The van der Waals surface area contributed by atoms with Gasteiger partial charge in [0, 0.05) is 18.7 Å². The molecule has 0 saturated carbocycles. The average molecular weight is 328 g/mol. The molecule has 0 radical (unpaired) electrons. The number of ether oxygens (including phenoxy) is 1. The molecule has 1 heterocycles. The van der Waals surface area contributed by atoms with Crippen LogP contribution < -0.4 is 5.32 Å². The Morgan fingerprint density at radius 1 is 1.29 bits per heavy atom. The van der Waals surface area contributed by atoms with Crippen LogP contribution in [0.15, 0.2) is 30.3 Å².